The van der Waals surface area contributed by atoms with Crippen molar-refractivity contribution >= 4 is 19.8 Å². The highest BCUT2D eigenvalue weighted by Crippen LogP contribution is 2.43. The van der Waals surface area contributed by atoms with Crippen molar-refractivity contribution < 1.29 is 57.4 Å². The molecule has 0 aromatic rings. The minimum Gasteiger partial charge on any atom is -0.462 e. The number of hydrogen-bond donors (Lipinski definition) is 4. The summed E-state index contributed by atoms with van der Waals surface area (Å²) in [7, 11) is 1.27. The SMILES string of the molecule is CCCC/C=C\CCCCCCCC(=O)OC[C@H](COP(=O)(O)OCC[N+](C)(C)C)OC(=O)C/C=C\C[C@H]1[C@@H](/C=C/[C@H](O)CCCCC)[C@H](O)C[C@@H]1O. The molecule has 0 aromatic carbocycles. The maximum absolute atomic E-state index is 12.8. The number of phosphoric ester groups is 1. The van der Waals surface area contributed by atoms with E-state index in [9.17, 15) is 34.4 Å². The molecule has 1 aliphatic rings. The number of allylic oxidation sites excluding steroid dienone is 3. The third kappa shape index (κ3) is 25.8. The topological polar surface area (TPSA) is 169 Å². The molecule has 0 heterocycles. The van der Waals surface area contributed by atoms with Crippen LogP contribution in [0.1, 0.15) is 123 Å². The van der Waals surface area contributed by atoms with E-state index in [1.165, 1.54) is 12.8 Å². The molecule has 12 nitrogen and oxygen atoms in total. The zero-order chi connectivity index (χ0) is 39.5. The fourth-order valence-electron chi connectivity index (χ4n) is 5.97. The van der Waals surface area contributed by atoms with Gasteiger partial charge in [0, 0.05) is 18.8 Å². The first-order valence-electron chi connectivity index (χ1n) is 20.0. The van der Waals surface area contributed by atoms with Crippen molar-refractivity contribution in [2.24, 2.45) is 11.8 Å². The molecule has 0 spiro atoms. The molecule has 1 unspecified atom stereocenters. The summed E-state index contributed by atoms with van der Waals surface area (Å²) in [6, 6.07) is 0. The summed E-state index contributed by atoms with van der Waals surface area (Å²) < 4.78 is 34.1. The third-order valence-corrected chi connectivity index (χ3v) is 10.2. The largest absolute Gasteiger partial charge is 0.472 e. The smallest absolute Gasteiger partial charge is 0.462 e. The van der Waals surface area contributed by atoms with Crippen molar-refractivity contribution in [1.29, 1.82) is 0 Å². The Balaban J connectivity index is 2.65. The molecule has 0 amide bonds. The number of rotatable bonds is 31. The Hall–Kier alpha value is -1.89. The number of carbonyl (C=O) groups is 2. The highest BCUT2D eigenvalue weighted by molar-refractivity contribution is 7.47. The Labute approximate surface area is 319 Å². The summed E-state index contributed by atoms with van der Waals surface area (Å²) in [6.07, 6.45) is 21.9. The number of likely N-dealkylation sites (N-methyl/N-ethyl adjacent to an activating group) is 1. The van der Waals surface area contributed by atoms with Crippen molar-refractivity contribution in [3.05, 3.63) is 36.5 Å². The van der Waals surface area contributed by atoms with Gasteiger partial charge in [-0.15, -0.1) is 0 Å². The average molecular weight is 775 g/mol. The van der Waals surface area contributed by atoms with Gasteiger partial charge in [0.15, 0.2) is 6.10 Å². The standard InChI is InChI=1S/C40H72NO11P/c1-6-8-10-11-12-13-14-15-16-17-19-24-39(45)49-31-34(32-51-53(47,48)50-29-28-41(3,4)5)52-40(46)25-21-20-23-35-36(38(44)30-37(35)43)27-26-33(42)22-18-9-7-2/h11-12,20-21,26-27,33-38,42-44H,6-10,13-19,22-25,28-32H2,1-5H3/p+1/b12-11-,21-20-,27-26+/t33-,34-,35+,36-,37+,38-/m1/s1. The maximum Gasteiger partial charge on any atom is 0.472 e. The lowest BCUT2D eigenvalue weighted by Gasteiger charge is -2.24. The highest BCUT2D eigenvalue weighted by atomic mass is 31.2. The molecule has 1 fully saturated rings. The van der Waals surface area contributed by atoms with Gasteiger partial charge in [0.05, 0.1) is 52.5 Å². The molecule has 53 heavy (non-hydrogen) atoms. The zero-order valence-electron chi connectivity index (χ0n) is 33.3. The van der Waals surface area contributed by atoms with Crippen LogP contribution >= 0.6 is 7.82 Å². The molecule has 4 N–H and O–H groups in total. The minimum absolute atomic E-state index is 0.0277. The van der Waals surface area contributed by atoms with E-state index in [1.807, 2.05) is 21.1 Å². The third-order valence-electron chi connectivity index (χ3n) is 9.25. The molecule has 13 heteroatoms. The van der Waals surface area contributed by atoms with Gasteiger partial charge in [0.1, 0.15) is 19.8 Å². The van der Waals surface area contributed by atoms with Crippen LogP contribution in [0.25, 0.3) is 0 Å². The van der Waals surface area contributed by atoms with Gasteiger partial charge in [-0.2, -0.15) is 0 Å². The summed E-state index contributed by atoms with van der Waals surface area (Å²) in [5.41, 5.74) is 0. The lowest BCUT2D eigenvalue weighted by Crippen LogP contribution is -2.37. The van der Waals surface area contributed by atoms with Gasteiger partial charge in [-0.25, -0.2) is 4.57 Å². The predicted molar refractivity (Wildman–Crippen MR) is 208 cm³/mol. The van der Waals surface area contributed by atoms with Crippen LogP contribution in [0.4, 0.5) is 0 Å². The van der Waals surface area contributed by atoms with Crippen molar-refractivity contribution in [3.63, 3.8) is 0 Å². The van der Waals surface area contributed by atoms with E-state index in [-0.39, 0.29) is 44.3 Å². The Kier molecular flexibility index (Phi) is 26.4. The van der Waals surface area contributed by atoms with E-state index in [1.54, 1.807) is 24.3 Å². The van der Waals surface area contributed by atoms with Crippen LogP contribution in [0.3, 0.4) is 0 Å². The molecule has 0 bridgehead atoms. The maximum atomic E-state index is 12.8. The summed E-state index contributed by atoms with van der Waals surface area (Å²) in [6.45, 7) is 3.86. The fraction of sp³-hybridized carbons (Fsp3) is 0.800. The second-order valence-electron chi connectivity index (χ2n) is 15.3. The van der Waals surface area contributed by atoms with Gasteiger partial charge in [-0.3, -0.25) is 18.6 Å². The van der Waals surface area contributed by atoms with E-state index in [0.29, 0.717) is 30.3 Å². The molecule has 1 rings (SSSR count). The highest BCUT2D eigenvalue weighted by Gasteiger charge is 2.39. The number of quaternary nitrogens is 1. The van der Waals surface area contributed by atoms with Crippen LogP contribution in [0.2, 0.25) is 0 Å². The molecule has 0 saturated heterocycles. The lowest BCUT2D eigenvalue weighted by atomic mass is 9.89. The summed E-state index contributed by atoms with van der Waals surface area (Å²) in [5, 5.41) is 31.4. The van der Waals surface area contributed by atoms with Crippen molar-refractivity contribution in [2.45, 2.75) is 147 Å². The van der Waals surface area contributed by atoms with Crippen LogP contribution in [0.15, 0.2) is 36.5 Å². The number of aliphatic hydroxyl groups excluding tert-OH is 3. The number of aliphatic hydroxyl groups is 3. The number of nitrogens with zero attached hydrogens (tertiary/aromatic N) is 1. The van der Waals surface area contributed by atoms with E-state index < -0.39 is 50.8 Å². The van der Waals surface area contributed by atoms with Crippen LogP contribution < -0.4 is 0 Å². The van der Waals surface area contributed by atoms with Gasteiger partial charge < -0.3 is 34.2 Å². The minimum atomic E-state index is -4.46. The summed E-state index contributed by atoms with van der Waals surface area (Å²) >= 11 is 0. The molecule has 0 aliphatic heterocycles. The monoisotopic (exact) mass is 774 g/mol. The predicted octanol–water partition coefficient (Wildman–Crippen LogP) is 6.95. The number of unbranched alkanes of at least 4 members (excludes halogenated alkanes) is 9. The zero-order valence-corrected chi connectivity index (χ0v) is 34.2. The second-order valence-corrected chi connectivity index (χ2v) is 16.8. The molecule has 1 saturated carbocycles. The van der Waals surface area contributed by atoms with Gasteiger partial charge in [0.25, 0.3) is 0 Å². The van der Waals surface area contributed by atoms with Gasteiger partial charge in [0.2, 0.25) is 0 Å². The number of carbonyl (C=O) groups excluding carboxylic acids is 2. The molecule has 1 aliphatic carbocycles. The van der Waals surface area contributed by atoms with E-state index in [4.69, 9.17) is 18.5 Å². The first-order valence-corrected chi connectivity index (χ1v) is 21.5. The molecule has 308 valence electrons. The normalized spacial score (nSPS) is 21.8. The molecule has 0 radical (unpaired) electrons. The average Bonchev–Trinajstić information content (AvgIpc) is 3.36. The summed E-state index contributed by atoms with van der Waals surface area (Å²) in [4.78, 5) is 35.4. The number of phosphoric acid groups is 1. The van der Waals surface area contributed by atoms with Crippen molar-refractivity contribution in [2.75, 3.05) is 47.5 Å². The second kappa shape index (κ2) is 28.5. The number of ether oxygens (including phenoxy) is 2. The Morgan fingerprint density at radius 2 is 1.51 bits per heavy atom. The lowest BCUT2D eigenvalue weighted by molar-refractivity contribution is -0.870. The van der Waals surface area contributed by atoms with E-state index in [2.05, 4.69) is 26.0 Å². The summed E-state index contributed by atoms with van der Waals surface area (Å²) in [5.74, 6) is -1.74. The van der Waals surface area contributed by atoms with Crippen LogP contribution in [0.5, 0.6) is 0 Å². The van der Waals surface area contributed by atoms with Crippen LogP contribution in [-0.2, 0) is 32.7 Å². The van der Waals surface area contributed by atoms with Gasteiger partial charge in [-0.05, 0) is 44.4 Å². The van der Waals surface area contributed by atoms with Gasteiger partial charge >= 0.3 is 19.8 Å². The van der Waals surface area contributed by atoms with E-state index >= 15 is 0 Å². The first kappa shape index (κ1) is 49.1. The molecular formula is C40H73NO11P+. The Morgan fingerprint density at radius 3 is 2.21 bits per heavy atom. The molecular weight excluding hydrogens is 701 g/mol. The Morgan fingerprint density at radius 1 is 0.830 bits per heavy atom. The fourth-order valence-corrected chi connectivity index (χ4v) is 6.71. The quantitative estimate of drug-likeness (QED) is 0.0189. The Bertz CT molecular complexity index is 1120. The van der Waals surface area contributed by atoms with Crippen molar-refractivity contribution in [3.8, 4) is 0 Å². The van der Waals surface area contributed by atoms with Gasteiger partial charge in [-0.1, -0.05) is 102 Å². The van der Waals surface area contributed by atoms with Crippen LogP contribution in [0, 0.1) is 11.8 Å². The number of hydrogen-bond acceptors (Lipinski definition) is 10. The molecule has 0 aromatic heterocycles. The first-order chi connectivity index (χ1) is 25.2. The van der Waals surface area contributed by atoms with Crippen molar-refractivity contribution in [1.82, 2.24) is 0 Å². The van der Waals surface area contributed by atoms with Crippen LogP contribution in [-0.4, -0.2) is 109 Å². The van der Waals surface area contributed by atoms with E-state index in [0.717, 1.165) is 57.8 Å². The number of esters is 2. The molecule has 7 atom stereocenters.